The number of aromatic nitrogens is 2. The summed E-state index contributed by atoms with van der Waals surface area (Å²) < 4.78 is 29.1. The molecule has 0 aromatic carbocycles. The van der Waals surface area contributed by atoms with E-state index in [2.05, 4.69) is 5.10 Å². The van der Waals surface area contributed by atoms with E-state index in [1.165, 1.54) is 16.4 Å². The van der Waals surface area contributed by atoms with Gasteiger partial charge in [0.15, 0.2) is 0 Å². The summed E-state index contributed by atoms with van der Waals surface area (Å²) in [6.45, 7) is 5.09. The summed E-state index contributed by atoms with van der Waals surface area (Å²) in [6, 6.07) is 3.09. The Bertz CT molecular complexity index is 986. The van der Waals surface area contributed by atoms with E-state index in [4.69, 9.17) is 11.6 Å². The van der Waals surface area contributed by atoms with Crippen LogP contribution < -0.4 is 0 Å². The largest absolute Gasteiger partial charge is 0.337 e. The van der Waals surface area contributed by atoms with Gasteiger partial charge in [0, 0.05) is 50.6 Å². The molecule has 146 valence electrons. The minimum Gasteiger partial charge on any atom is -0.337 e. The molecule has 10 heteroatoms. The van der Waals surface area contributed by atoms with E-state index in [9.17, 15) is 13.2 Å². The van der Waals surface area contributed by atoms with Crippen molar-refractivity contribution in [2.45, 2.75) is 18.1 Å². The third-order valence-corrected chi connectivity index (χ3v) is 8.25. The van der Waals surface area contributed by atoms with Crippen LogP contribution >= 0.6 is 22.9 Å². The van der Waals surface area contributed by atoms with Gasteiger partial charge < -0.3 is 4.90 Å². The van der Waals surface area contributed by atoms with E-state index in [0.29, 0.717) is 17.4 Å². The second kappa shape index (κ2) is 7.75. The maximum atomic E-state index is 12.6. The van der Waals surface area contributed by atoms with Crippen molar-refractivity contribution in [2.75, 3.05) is 26.2 Å². The Morgan fingerprint density at radius 2 is 1.89 bits per heavy atom. The Kier molecular flexibility index (Phi) is 5.76. The molecule has 27 heavy (non-hydrogen) atoms. The number of hydrogen-bond donors (Lipinski definition) is 0. The van der Waals surface area contributed by atoms with Crippen LogP contribution in [0, 0.1) is 13.8 Å². The fourth-order valence-electron chi connectivity index (χ4n) is 3.00. The second-order valence-electron chi connectivity index (χ2n) is 6.33. The summed E-state index contributed by atoms with van der Waals surface area (Å²) in [5.74, 6) is -0.131. The minimum absolute atomic E-state index is 0.131. The number of rotatable bonds is 4. The maximum absolute atomic E-state index is 12.6. The van der Waals surface area contributed by atoms with Gasteiger partial charge in [0.25, 0.3) is 10.0 Å². The molecule has 0 spiro atoms. The Morgan fingerprint density at radius 3 is 2.41 bits per heavy atom. The summed E-state index contributed by atoms with van der Waals surface area (Å²) in [6.07, 6.45) is 3.30. The van der Waals surface area contributed by atoms with Crippen molar-refractivity contribution in [2.24, 2.45) is 7.05 Å². The van der Waals surface area contributed by atoms with E-state index in [0.717, 1.165) is 28.3 Å². The smallest absolute Gasteiger partial charge is 0.252 e. The van der Waals surface area contributed by atoms with Crippen molar-refractivity contribution in [3.8, 4) is 0 Å². The van der Waals surface area contributed by atoms with Crippen molar-refractivity contribution in [3.63, 3.8) is 0 Å². The Balaban J connectivity index is 1.63. The van der Waals surface area contributed by atoms with E-state index in [-0.39, 0.29) is 23.2 Å². The monoisotopic (exact) mass is 428 g/mol. The zero-order valence-corrected chi connectivity index (χ0v) is 17.7. The molecule has 0 atom stereocenters. The lowest BCUT2D eigenvalue weighted by Crippen LogP contribution is -2.50. The molecule has 3 rings (SSSR count). The number of carbonyl (C=O) groups is 1. The fourth-order valence-corrected chi connectivity index (χ4v) is 6.06. The first-order chi connectivity index (χ1) is 12.7. The molecule has 0 N–H and O–H groups in total. The summed E-state index contributed by atoms with van der Waals surface area (Å²) in [7, 11) is -1.69. The van der Waals surface area contributed by atoms with E-state index < -0.39 is 10.0 Å². The van der Waals surface area contributed by atoms with Crippen LogP contribution in [0.4, 0.5) is 0 Å². The first-order valence-electron chi connectivity index (χ1n) is 8.43. The lowest BCUT2D eigenvalue weighted by molar-refractivity contribution is -0.127. The summed E-state index contributed by atoms with van der Waals surface area (Å²) in [4.78, 5) is 14.1. The molecule has 7 nitrogen and oxygen atoms in total. The van der Waals surface area contributed by atoms with Gasteiger partial charge in [0.2, 0.25) is 5.91 Å². The Labute approximate surface area is 167 Å². The third kappa shape index (κ3) is 4.11. The van der Waals surface area contributed by atoms with Gasteiger partial charge in [-0.2, -0.15) is 9.40 Å². The second-order valence-corrected chi connectivity index (χ2v) is 10.2. The predicted octanol–water partition coefficient (Wildman–Crippen LogP) is 2.30. The number of carbonyl (C=O) groups excluding carboxylic acids is 1. The molecule has 0 saturated carbocycles. The number of aryl methyl sites for hydroxylation is 2. The molecule has 3 heterocycles. The predicted molar refractivity (Wildman–Crippen MR) is 106 cm³/mol. The van der Waals surface area contributed by atoms with Crippen LogP contribution in [0.25, 0.3) is 6.08 Å². The number of sulfonamides is 1. The van der Waals surface area contributed by atoms with Crippen molar-refractivity contribution in [1.29, 1.82) is 0 Å². The van der Waals surface area contributed by atoms with E-state index in [1.54, 1.807) is 21.7 Å². The van der Waals surface area contributed by atoms with Crippen LogP contribution in [0.5, 0.6) is 0 Å². The van der Waals surface area contributed by atoms with Crippen LogP contribution in [0.1, 0.15) is 17.0 Å². The molecule has 0 bridgehead atoms. The molecule has 1 amide bonds. The minimum atomic E-state index is -3.55. The summed E-state index contributed by atoms with van der Waals surface area (Å²) >= 11 is 6.89. The molecule has 1 aliphatic heterocycles. The zero-order chi connectivity index (χ0) is 19.8. The quantitative estimate of drug-likeness (QED) is 0.700. The van der Waals surface area contributed by atoms with Crippen molar-refractivity contribution in [3.05, 3.63) is 39.5 Å². The average molecular weight is 429 g/mol. The van der Waals surface area contributed by atoms with Gasteiger partial charge in [-0.25, -0.2) is 8.42 Å². The molecule has 0 aliphatic carbocycles. The van der Waals surface area contributed by atoms with Gasteiger partial charge in [-0.05, 0) is 32.1 Å². The van der Waals surface area contributed by atoms with Gasteiger partial charge in [-0.3, -0.25) is 9.48 Å². The highest BCUT2D eigenvalue weighted by Gasteiger charge is 2.30. The van der Waals surface area contributed by atoms with Crippen molar-refractivity contribution in [1.82, 2.24) is 19.0 Å². The highest BCUT2D eigenvalue weighted by Crippen LogP contribution is 2.28. The first kappa shape index (κ1) is 20.1. The molecule has 1 saturated heterocycles. The third-order valence-electron chi connectivity index (χ3n) is 4.65. The summed E-state index contributed by atoms with van der Waals surface area (Å²) in [5.41, 5.74) is 2.79. The average Bonchev–Trinajstić information content (AvgIpc) is 3.17. The lowest BCUT2D eigenvalue weighted by atomic mass is 10.2. The topological polar surface area (TPSA) is 75.5 Å². The summed E-state index contributed by atoms with van der Waals surface area (Å²) in [5, 5.41) is 4.33. The van der Waals surface area contributed by atoms with Gasteiger partial charge in [-0.1, -0.05) is 11.6 Å². The number of nitrogens with zero attached hydrogens (tertiary/aromatic N) is 4. The molecule has 2 aromatic rings. The van der Waals surface area contributed by atoms with Crippen LogP contribution in [-0.4, -0.2) is 59.5 Å². The van der Waals surface area contributed by atoms with Gasteiger partial charge in [-0.15, -0.1) is 11.3 Å². The number of amides is 1. The maximum Gasteiger partial charge on any atom is 0.252 e. The van der Waals surface area contributed by atoms with Crippen LogP contribution in [0.3, 0.4) is 0 Å². The number of halogens is 1. The van der Waals surface area contributed by atoms with Crippen molar-refractivity contribution >= 4 is 44.9 Å². The standard InChI is InChI=1S/C17H21ClN4O3S2/c1-12-14(13(2)20(3)19-12)4-6-16(23)21-8-10-22(11-9-21)27(24,25)17-7-5-15(18)26-17/h4-7H,8-11H2,1-3H3/b6-4+. The number of thiophene rings is 1. The first-order valence-corrected chi connectivity index (χ1v) is 11.1. The molecule has 1 fully saturated rings. The van der Waals surface area contributed by atoms with Crippen LogP contribution in [0.15, 0.2) is 22.4 Å². The van der Waals surface area contributed by atoms with Gasteiger partial charge in [0.05, 0.1) is 10.0 Å². The molecular weight excluding hydrogens is 408 g/mol. The van der Waals surface area contributed by atoms with Crippen molar-refractivity contribution < 1.29 is 13.2 Å². The van der Waals surface area contributed by atoms with Crippen LogP contribution in [-0.2, 0) is 21.9 Å². The molecule has 2 aromatic heterocycles. The van der Waals surface area contributed by atoms with Gasteiger partial charge in [0.1, 0.15) is 4.21 Å². The van der Waals surface area contributed by atoms with E-state index >= 15 is 0 Å². The zero-order valence-electron chi connectivity index (χ0n) is 15.3. The highest BCUT2D eigenvalue weighted by atomic mass is 35.5. The number of piperazine rings is 1. The Hall–Kier alpha value is -1.68. The SMILES string of the molecule is Cc1nn(C)c(C)c1/C=C/C(=O)N1CCN(S(=O)(=O)c2ccc(Cl)s2)CC1. The number of hydrogen-bond acceptors (Lipinski definition) is 5. The Morgan fingerprint density at radius 1 is 1.22 bits per heavy atom. The van der Waals surface area contributed by atoms with E-state index in [1.807, 2.05) is 20.9 Å². The molecule has 1 aliphatic rings. The fraction of sp³-hybridized carbons (Fsp3) is 0.412. The molecular formula is C17H21ClN4O3S2. The molecule has 0 radical (unpaired) electrons. The lowest BCUT2D eigenvalue weighted by Gasteiger charge is -2.33. The highest BCUT2D eigenvalue weighted by molar-refractivity contribution is 7.91. The normalized spacial score (nSPS) is 16.4. The van der Waals surface area contributed by atoms with Crippen LogP contribution in [0.2, 0.25) is 4.34 Å². The van der Waals surface area contributed by atoms with Gasteiger partial charge >= 0.3 is 0 Å². The molecule has 0 unspecified atom stereocenters.